The van der Waals surface area contributed by atoms with E-state index in [-0.39, 0.29) is 5.91 Å². The highest BCUT2D eigenvalue weighted by atomic mass is 35.5. The molecule has 0 saturated carbocycles. The fraction of sp³-hybridized carbons (Fsp3) is 0.250. The normalized spacial score (nSPS) is 15.6. The average Bonchev–Trinajstić information content (AvgIpc) is 2.76. The second-order valence-electron chi connectivity index (χ2n) is 7.72. The predicted molar refractivity (Wildman–Crippen MR) is 120 cm³/mol. The number of piperidine rings is 1. The number of benzene rings is 2. The number of pyridine rings is 1. The van der Waals surface area contributed by atoms with Crippen LogP contribution < -0.4 is 10.2 Å². The molecule has 6 heteroatoms. The first kappa shape index (κ1) is 20.4. The second-order valence-corrected chi connectivity index (χ2v) is 8.13. The quantitative estimate of drug-likeness (QED) is 0.636. The third-order valence-corrected chi connectivity index (χ3v) is 5.94. The molecule has 0 bridgehead atoms. The van der Waals surface area contributed by atoms with Crippen LogP contribution in [0.3, 0.4) is 0 Å². The largest absolute Gasteiger partial charge is 0.385 e. The molecule has 4 rings (SSSR count). The van der Waals surface area contributed by atoms with E-state index in [1.165, 1.54) is 0 Å². The van der Waals surface area contributed by atoms with E-state index in [1.54, 1.807) is 12.3 Å². The Labute approximate surface area is 181 Å². The first-order valence-electron chi connectivity index (χ1n) is 10.0. The van der Waals surface area contributed by atoms with Crippen molar-refractivity contribution < 1.29 is 9.90 Å². The first-order chi connectivity index (χ1) is 14.4. The van der Waals surface area contributed by atoms with E-state index in [9.17, 15) is 9.90 Å². The van der Waals surface area contributed by atoms with Gasteiger partial charge in [0.15, 0.2) is 0 Å². The minimum atomic E-state index is -0.928. The standard InChI is InChI=1S/C24H24ClN3O2/c1-17-6-9-19(10-7-17)27-23(29)18-8-11-22(26-16-18)28-14-12-24(30,13-15-28)20-4-2-3-5-21(20)25/h2-11,16,30H,12-15H2,1H3,(H,27,29). The van der Waals surface area contributed by atoms with Crippen LogP contribution in [-0.4, -0.2) is 29.1 Å². The van der Waals surface area contributed by atoms with Crippen LogP contribution in [0.1, 0.15) is 34.3 Å². The van der Waals surface area contributed by atoms with Gasteiger partial charge in [0.2, 0.25) is 0 Å². The van der Waals surface area contributed by atoms with Gasteiger partial charge in [0.05, 0.1) is 11.2 Å². The molecule has 0 spiro atoms. The van der Waals surface area contributed by atoms with Gasteiger partial charge in [-0.25, -0.2) is 4.98 Å². The van der Waals surface area contributed by atoms with E-state index in [2.05, 4.69) is 15.2 Å². The summed E-state index contributed by atoms with van der Waals surface area (Å²) in [5, 5.41) is 14.6. The van der Waals surface area contributed by atoms with Crippen LogP contribution in [0.4, 0.5) is 11.5 Å². The minimum absolute atomic E-state index is 0.190. The number of aliphatic hydroxyl groups is 1. The van der Waals surface area contributed by atoms with Crippen molar-refractivity contribution in [3.63, 3.8) is 0 Å². The Bertz CT molecular complexity index is 1030. The van der Waals surface area contributed by atoms with Crippen LogP contribution in [0.2, 0.25) is 5.02 Å². The molecule has 1 saturated heterocycles. The molecule has 0 radical (unpaired) electrons. The van der Waals surface area contributed by atoms with Crippen molar-refractivity contribution in [1.29, 1.82) is 0 Å². The van der Waals surface area contributed by atoms with Gasteiger partial charge < -0.3 is 15.3 Å². The maximum atomic E-state index is 12.5. The van der Waals surface area contributed by atoms with E-state index in [4.69, 9.17) is 11.6 Å². The van der Waals surface area contributed by atoms with Gasteiger partial charge in [-0.05, 0) is 50.1 Å². The van der Waals surface area contributed by atoms with Gasteiger partial charge in [0.1, 0.15) is 5.82 Å². The maximum Gasteiger partial charge on any atom is 0.257 e. The van der Waals surface area contributed by atoms with Crippen LogP contribution in [0, 0.1) is 6.92 Å². The number of carbonyl (C=O) groups is 1. The van der Waals surface area contributed by atoms with E-state index < -0.39 is 5.60 Å². The van der Waals surface area contributed by atoms with Crippen molar-refractivity contribution in [2.75, 3.05) is 23.3 Å². The highest BCUT2D eigenvalue weighted by Crippen LogP contribution is 2.37. The molecule has 5 nitrogen and oxygen atoms in total. The molecular weight excluding hydrogens is 398 g/mol. The fourth-order valence-corrected chi connectivity index (χ4v) is 4.07. The Morgan fingerprint density at radius 3 is 2.40 bits per heavy atom. The topological polar surface area (TPSA) is 65.5 Å². The van der Waals surface area contributed by atoms with E-state index in [0.29, 0.717) is 36.5 Å². The molecule has 0 unspecified atom stereocenters. The molecule has 0 aliphatic carbocycles. The molecule has 2 N–H and O–H groups in total. The summed E-state index contributed by atoms with van der Waals surface area (Å²) in [5.74, 6) is 0.604. The SMILES string of the molecule is Cc1ccc(NC(=O)c2ccc(N3CCC(O)(c4ccccc4Cl)CC3)nc2)cc1. The van der Waals surface area contributed by atoms with E-state index >= 15 is 0 Å². The van der Waals surface area contributed by atoms with Gasteiger partial charge in [-0.2, -0.15) is 0 Å². The lowest BCUT2D eigenvalue weighted by Crippen LogP contribution is -2.43. The van der Waals surface area contributed by atoms with Crippen molar-refractivity contribution >= 4 is 29.0 Å². The molecule has 1 amide bonds. The Kier molecular flexibility index (Phi) is 5.75. The molecule has 2 heterocycles. The zero-order valence-electron chi connectivity index (χ0n) is 16.8. The van der Waals surface area contributed by atoms with E-state index in [1.807, 2.05) is 61.5 Å². The molecule has 2 aromatic carbocycles. The summed E-state index contributed by atoms with van der Waals surface area (Å²) >= 11 is 6.29. The van der Waals surface area contributed by atoms with Crippen molar-refractivity contribution in [3.05, 3.63) is 88.6 Å². The lowest BCUT2D eigenvalue weighted by Gasteiger charge is -2.39. The molecule has 0 atom stereocenters. The summed E-state index contributed by atoms with van der Waals surface area (Å²) in [6.07, 6.45) is 2.72. The van der Waals surface area contributed by atoms with Crippen LogP contribution in [0.5, 0.6) is 0 Å². The molecule has 1 fully saturated rings. The van der Waals surface area contributed by atoms with Crippen LogP contribution in [-0.2, 0) is 5.60 Å². The number of hydrogen-bond acceptors (Lipinski definition) is 4. The molecule has 30 heavy (non-hydrogen) atoms. The Morgan fingerprint density at radius 2 is 1.77 bits per heavy atom. The molecule has 3 aromatic rings. The monoisotopic (exact) mass is 421 g/mol. The third kappa shape index (κ3) is 4.32. The molecule has 1 aliphatic rings. The van der Waals surface area contributed by atoms with Gasteiger partial charge >= 0.3 is 0 Å². The number of aromatic nitrogens is 1. The van der Waals surface area contributed by atoms with Gasteiger partial charge in [0, 0.05) is 35.6 Å². The summed E-state index contributed by atoms with van der Waals surface area (Å²) in [7, 11) is 0. The minimum Gasteiger partial charge on any atom is -0.385 e. The second kappa shape index (κ2) is 8.46. The van der Waals surface area contributed by atoms with Crippen LogP contribution >= 0.6 is 11.6 Å². The average molecular weight is 422 g/mol. The first-order valence-corrected chi connectivity index (χ1v) is 10.4. The van der Waals surface area contributed by atoms with Gasteiger partial charge in [0.25, 0.3) is 5.91 Å². The smallest absolute Gasteiger partial charge is 0.257 e. The summed E-state index contributed by atoms with van der Waals surface area (Å²) in [4.78, 5) is 19.0. The Balaban J connectivity index is 1.40. The van der Waals surface area contributed by atoms with Gasteiger partial charge in [-0.15, -0.1) is 0 Å². The maximum absolute atomic E-state index is 12.5. The molecule has 1 aliphatic heterocycles. The number of amides is 1. The number of carbonyl (C=O) groups excluding carboxylic acids is 1. The van der Waals surface area contributed by atoms with Crippen LogP contribution in [0.15, 0.2) is 66.9 Å². The summed E-state index contributed by atoms with van der Waals surface area (Å²) in [5.41, 5.74) is 2.25. The lowest BCUT2D eigenvalue weighted by molar-refractivity contribution is 0.0117. The predicted octanol–water partition coefficient (Wildman–Crippen LogP) is 4.78. The highest BCUT2D eigenvalue weighted by molar-refractivity contribution is 6.31. The molecule has 1 aromatic heterocycles. The third-order valence-electron chi connectivity index (χ3n) is 5.61. The summed E-state index contributed by atoms with van der Waals surface area (Å²) in [6, 6.07) is 18.8. The lowest BCUT2D eigenvalue weighted by atomic mass is 9.84. The fourth-order valence-electron chi connectivity index (χ4n) is 3.76. The Morgan fingerprint density at radius 1 is 1.07 bits per heavy atom. The van der Waals surface area contributed by atoms with Gasteiger partial charge in [-0.3, -0.25) is 4.79 Å². The van der Waals surface area contributed by atoms with Gasteiger partial charge in [-0.1, -0.05) is 47.5 Å². The number of hydrogen-bond donors (Lipinski definition) is 2. The zero-order valence-corrected chi connectivity index (χ0v) is 17.6. The van der Waals surface area contributed by atoms with Crippen molar-refractivity contribution in [2.45, 2.75) is 25.4 Å². The Hall–Kier alpha value is -2.89. The van der Waals surface area contributed by atoms with Crippen LogP contribution in [0.25, 0.3) is 0 Å². The summed E-state index contributed by atoms with van der Waals surface area (Å²) in [6.45, 7) is 3.32. The number of nitrogens with one attached hydrogen (secondary N) is 1. The number of halogens is 1. The number of rotatable bonds is 4. The zero-order chi connectivity index (χ0) is 21.1. The molecule has 154 valence electrons. The number of nitrogens with zero attached hydrogens (tertiary/aromatic N) is 2. The number of anilines is 2. The number of aryl methyl sites for hydroxylation is 1. The van der Waals surface area contributed by atoms with Crippen molar-refractivity contribution in [3.8, 4) is 0 Å². The van der Waals surface area contributed by atoms with E-state index in [0.717, 1.165) is 22.6 Å². The van der Waals surface area contributed by atoms with Crippen molar-refractivity contribution in [2.24, 2.45) is 0 Å². The molecular formula is C24H24ClN3O2. The highest BCUT2D eigenvalue weighted by Gasteiger charge is 2.35. The summed E-state index contributed by atoms with van der Waals surface area (Å²) < 4.78 is 0. The van der Waals surface area contributed by atoms with Crippen molar-refractivity contribution in [1.82, 2.24) is 4.98 Å².